The third-order valence-electron chi connectivity index (χ3n) is 3.01. The predicted molar refractivity (Wildman–Crippen MR) is 83.4 cm³/mol. The topological polar surface area (TPSA) is 53.4 Å². The number of aliphatic hydroxyl groups is 1. The monoisotopic (exact) mass is 310 g/mol. The quantitative estimate of drug-likeness (QED) is 0.892. The molecule has 2 rings (SSSR count). The summed E-state index contributed by atoms with van der Waals surface area (Å²) in [6.45, 7) is 5.15. The Hall–Kier alpha value is -1.24. The first-order chi connectivity index (χ1) is 9.67. The second-order valence-corrected chi connectivity index (χ2v) is 6.19. The molecule has 2 aromatic rings. The van der Waals surface area contributed by atoms with Gasteiger partial charge in [0.05, 0.1) is 5.69 Å². The lowest BCUT2D eigenvalue weighted by Gasteiger charge is -2.19. The third kappa shape index (κ3) is 3.26. The number of thiazole rings is 1. The number of nitrogens with zero attached hydrogens (tertiary/aromatic N) is 2. The van der Waals surface area contributed by atoms with Crippen molar-refractivity contribution in [3.63, 3.8) is 0 Å². The molecular formula is C14H18N2O2S2. The molecule has 0 fully saturated rings. The first-order valence-corrected chi connectivity index (χ1v) is 8.33. The Labute approximate surface area is 126 Å². The molecule has 0 aliphatic heterocycles. The molecule has 0 radical (unpaired) electrons. The molecule has 0 aliphatic rings. The normalized spacial score (nSPS) is 10.8. The number of thiophene rings is 1. The molecule has 1 amide bonds. The van der Waals surface area contributed by atoms with Crippen molar-refractivity contribution in [1.82, 2.24) is 9.88 Å². The lowest BCUT2D eigenvalue weighted by molar-refractivity contribution is 0.0758. The van der Waals surface area contributed by atoms with Crippen LogP contribution in [0.25, 0.3) is 10.6 Å². The molecule has 108 valence electrons. The molecule has 0 saturated heterocycles. The van der Waals surface area contributed by atoms with Crippen molar-refractivity contribution in [2.75, 3.05) is 19.7 Å². The standard InChI is InChI=1S/C14H18N2O2S2/c1-3-16(6-4-7-17)14(18)12-10(2)15-13(20-12)11-5-8-19-9-11/h5,8-9,17H,3-4,6-7H2,1-2H3. The Bertz CT molecular complexity index is 564. The molecule has 1 N–H and O–H groups in total. The molecule has 6 heteroatoms. The summed E-state index contributed by atoms with van der Waals surface area (Å²) in [5, 5.41) is 13.8. The van der Waals surface area contributed by atoms with Gasteiger partial charge in [0.15, 0.2) is 0 Å². The van der Waals surface area contributed by atoms with E-state index < -0.39 is 0 Å². The van der Waals surface area contributed by atoms with Gasteiger partial charge in [-0.1, -0.05) is 0 Å². The summed E-state index contributed by atoms with van der Waals surface area (Å²) in [7, 11) is 0. The van der Waals surface area contributed by atoms with E-state index in [1.54, 1.807) is 16.2 Å². The van der Waals surface area contributed by atoms with Gasteiger partial charge < -0.3 is 10.0 Å². The Kier molecular flexibility index (Phi) is 5.28. The fraction of sp³-hybridized carbons (Fsp3) is 0.429. The van der Waals surface area contributed by atoms with E-state index in [2.05, 4.69) is 4.98 Å². The van der Waals surface area contributed by atoms with Crippen LogP contribution < -0.4 is 0 Å². The highest BCUT2D eigenvalue weighted by Gasteiger charge is 2.20. The van der Waals surface area contributed by atoms with E-state index in [0.29, 0.717) is 24.4 Å². The zero-order chi connectivity index (χ0) is 14.5. The molecule has 20 heavy (non-hydrogen) atoms. The number of rotatable bonds is 6. The molecule has 4 nitrogen and oxygen atoms in total. The van der Waals surface area contributed by atoms with Gasteiger partial charge in [0.2, 0.25) is 0 Å². The second kappa shape index (κ2) is 6.97. The molecule has 2 heterocycles. The van der Waals surface area contributed by atoms with Gasteiger partial charge in [-0.2, -0.15) is 11.3 Å². The van der Waals surface area contributed by atoms with Gasteiger partial charge in [0.25, 0.3) is 5.91 Å². The molecule has 0 spiro atoms. The van der Waals surface area contributed by atoms with Gasteiger partial charge in [0.1, 0.15) is 9.88 Å². The zero-order valence-corrected chi connectivity index (χ0v) is 13.3. The fourth-order valence-corrected chi connectivity index (χ4v) is 3.66. The van der Waals surface area contributed by atoms with Crippen LogP contribution in [0.1, 0.15) is 28.7 Å². The van der Waals surface area contributed by atoms with Gasteiger partial charge >= 0.3 is 0 Å². The lowest BCUT2D eigenvalue weighted by Crippen LogP contribution is -2.32. The van der Waals surface area contributed by atoms with E-state index in [1.165, 1.54) is 11.3 Å². The van der Waals surface area contributed by atoms with Crippen LogP contribution in [0, 0.1) is 6.92 Å². The van der Waals surface area contributed by atoms with Crippen molar-refractivity contribution in [3.8, 4) is 10.6 Å². The van der Waals surface area contributed by atoms with Crippen LogP contribution in [0.5, 0.6) is 0 Å². The predicted octanol–water partition coefficient (Wildman–Crippen LogP) is 3.02. The van der Waals surface area contributed by atoms with E-state index in [4.69, 9.17) is 5.11 Å². The Morgan fingerprint density at radius 3 is 2.90 bits per heavy atom. The maximum Gasteiger partial charge on any atom is 0.265 e. The van der Waals surface area contributed by atoms with Crippen LogP contribution in [-0.2, 0) is 0 Å². The van der Waals surface area contributed by atoms with Crippen LogP contribution in [0.15, 0.2) is 16.8 Å². The maximum absolute atomic E-state index is 12.5. The number of carbonyl (C=O) groups excluding carboxylic acids is 1. The third-order valence-corrected chi connectivity index (χ3v) is 4.89. The first kappa shape index (κ1) is 15.2. The lowest BCUT2D eigenvalue weighted by atomic mass is 10.3. The molecule has 0 aliphatic carbocycles. The average molecular weight is 310 g/mol. The highest BCUT2D eigenvalue weighted by Crippen LogP contribution is 2.30. The first-order valence-electron chi connectivity index (χ1n) is 6.57. The molecule has 0 saturated carbocycles. The summed E-state index contributed by atoms with van der Waals surface area (Å²) in [6.07, 6.45) is 0.606. The Balaban J connectivity index is 2.21. The Morgan fingerprint density at radius 1 is 1.50 bits per heavy atom. The van der Waals surface area contributed by atoms with Crippen molar-refractivity contribution < 1.29 is 9.90 Å². The molecule has 0 bridgehead atoms. The van der Waals surface area contributed by atoms with Crippen molar-refractivity contribution in [3.05, 3.63) is 27.4 Å². The van der Waals surface area contributed by atoms with Gasteiger partial charge in [-0.05, 0) is 31.7 Å². The maximum atomic E-state index is 12.5. The minimum absolute atomic E-state index is 0.0115. The summed E-state index contributed by atoms with van der Waals surface area (Å²) >= 11 is 3.07. The van der Waals surface area contributed by atoms with Crippen LogP contribution >= 0.6 is 22.7 Å². The molecular weight excluding hydrogens is 292 g/mol. The van der Waals surface area contributed by atoms with Crippen molar-refractivity contribution in [1.29, 1.82) is 0 Å². The summed E-state index contributed by atoms with van der Waals surface area (Å²) in [4.78, 5) is 19.5. The number of aromatic nitrogens is 1. The fourth-order valence-electron chi connectivity index (χ4n) is 1.91. The highest BCUT2D eigenvalue weighted by molar-refractivity contribution is 7.17. The number of hydrogen-bond acceptors (Lipinski definition) is 5. The van der Waals surface area contributed by atoms with E-state index in [9.17, 15) is 4.79 Å². The number of aliphatic hydroxyl groups excluding tert-OH is 1. The van der Waals surface area contributed by atoms with Gasteiger partial charge in [-0.25, -0.2) is 4.98 Å². The minimum atomic E-state index is 0.0115. The van der Waals surface area contributed by atoms with Crippen LogP contribution in [0.4, 0.5) is 0 Å². The van der Waals surface area contributed by atoms with Crippen molar-refractivity contribution >= 4 is 28.6 Å². The van der Waals surface area contributed by atoms with Crippen LogP contribution in [0.2, 0.25) is 0 Å². The summed E-state index contributed by atoms with van der Waals surface area (Å²) in [5.41, 5.74) is 1.85. The van der Waals surface area contributed by atoms with Gasteiger partial charge in [0, 0.05) is 30.6 Å². The SMILES string of the molecule is CCN(CCCO)C(=O)c1sc(-c2ccsc2)nc1C. The van der Waals surface area contributed by atoms with E-state index in [1.807, 2.05) is 30.7 Å². The van der Waals surface area contributed by atoms with E-state index in [-0.39, 0.29) is 12.5 Å². The zero-order valence-electron chi connectivity index (χ0n) is 11.6. The molecule has 0 unspecified atom stereocenters. The Morgan fingerprint density at radius 2 is 2.30 bits per heavy atom. The van der Waals surface area contributed by atoms with E-state index >= 15 is 0 Å². The molecule has 0 aromatic carbocycles. The van der Waals surface area contributed by atoms with Crippen LogP contribution in [0.3, 0.4) is 0 Å². The van der Waals surface area contributed by atoms with Crippen molar-refractivity contribution in [2.45, 2.75) is 20.3 Å². The number of carbonyl (C=O) groups is 1. The number of aryl methyl sites for hydroxylation is 1. The van der Waals surface area contributed by atoms with Gasteiger partial charge in [-0.3, -0.25) is 4.79 Å². The number of hydrogen-bond donors (Lipinski definition) is 1. The summed E-state index contributed by atoms with van der Waals surface area (Å²) in [5.74, 6) is 0.0115. The summed E-state index contributed by atoms with van der Waals surface area (Å²) < 4.78 is 0. The minimum Gasteiger partial charge on any atom is -0.396 e. The smallest absolute Gasteiger partial charge is 0.265 e. The molecule has 2 aromatic heterocycles. The largest absolute Gasteiger partial charge is 0.396 e. The second-order valence-electron chi connectivity index (χ2n) is 4.41. The molecule has 0 atom stereocenters. The highest BCUT2D eigenvalue weighted by atomic mass is 32.1. The van der Waals surface area contributed by atoms with Crippen molar-refractivity contribution in [2.24, 2.45) is 0 Å². The van der Waals surface area contributed by atoms with Crippen LogP contribution in [-0.4, -0.2) is 40.6 Å². The number of amides is 1. The van der Waals surface area contributed by atoms with Gasteiger partial charge in [-0.15, -0.1) is 11.3 Å². The summed E-state index contributed by atoms with van der Waals surface area (Å²) in [6, 6.07) is 2.01. The van der Waals surface area contributed by atoms with E-state index in [0.717, 1.165) is 16.3 Å². The average Bonchev–Trinajstić information content (AvgIpc) is 3.08.